The van der Waals surface area contributed by atoms with Crippen molar-refractivity contribution in [3.8, 4) is 0 Å². The summed E-state index contributed by atoms with van der Waals surface area (Å²) in [5.41, 5.74) is 0.541. The molecule has 0 aliphatic carbocycles. The zero-order valence-corrected chi connectivity index (χ0v) is 14.9. The Kier molecular flexibility index (Phi) is 7.18. The molecule has 2 N–H and O–H groups in total. The van der Waals surface area contributed by atoms with Crippen LogP contribution >= 0.6 is 0 Å². The fraction of sp³-hybridized carbons (Fsp3) is 0.529. The zero-order chi connectivity index (χ0) is 18.1. The fourth-order valence-corrected chi connectivity index (χ4v) is 2.59. The van der Waals surface area contributed by atoms with E-state index < -0.39 is 0 Å². The van der Waals surface area contributed by atoms with Gasteiger partial charge in [-0.15, -0.1) is 0 Å². The van der Waals surface area contributed by atoms with Crippen LogP contribution in [0.1, 0.15) is 24.2 Å². The number of aromatic nitrogens is 1. The minimum atomic E-state index is -0.150. The lowest BCUT2D eigenvalue weighted by atomic mass is 10.3. The molecule has 2 heterocycles. The first-order chi connectivity index (χ1) is 12.1. The SMILES string of the molecule is CCNC(=NCCNC(=O)c1cccnc1)N1CCN(C(C)=O)CC1. The maximum Gasteiger partial charge on any atom is 0.252 e. The number of guanidine groups is 1. The minimum Gasteiger partial charge on any atom is -0.357 e. The predicted octanol–water partition coefficient (Wildman–Crippen LogP) is -0.0590. The molecule has 2 amide bonds. The summed E-state index contributed by atoms with van der Waals surface area (Å²) in [6.07, 6.45) is 3.17. The van der Waals surface area contributed by atoms with Gasteiger partial charge < -0.3 is 20.4 Å². The number of nitrogens with one attached hydrogen (secondary N) is 2. The van der Waals surface area contributed by atoms with E-state index in [0.717, 1.165) is 25.6 Å². The lowest BCUT2D eigenvalue weighted by Crippen LogP contribution is -2.53. The summed E-state index contributed by atoms with van der Waals surface area (Å²) in [5, 5.41) is 6.10. The first-order valence-electron chi connectivity index (χ1n) is 8.58. The number of nitrogens with zero attached hydrogens (tertiary/aromatic N) is 4. The number of hydrogen-bond acceptors (Lipinski definition) is 4. The Balaban J connectivity index is 1.81. The molecule has 8 nitrogen and oxygen atoms in total. The highest BCUT2D eigenvalue weighted by molar-refractivity contribution is 5.93. The molecule has 0 unspecified atom stereocenters. The summed E-state index contributed by atoms with van der Waals surface area (Å²) >= 11 is 0. The number of carbonyl (C=O) groups is 2. The first kappa shape index (κ1) is 18.7. The van der Waals surface area contributed by atoms with Gasteiger partial charge in [0.15, 0.2) is 5.96 Å². The summed E-state index contributed by atoms with van der Waals surface area (Å²) in [4.78, 5) is 35.9. The van der Waals surface area contributed by atoms with Gasteiger partial charge in [0.25, 0.3) is 5.91 Å². The van der Waals surface area contributed by atoms with Crippen molar-refractivity contribution < 1.29 is 9.59 Å². The molecule has 0 bridgehead atoms. The van der Waals surface area contributed by atoms with Crippen LogP contribution in [0, 0.1) is 0 Å². The van der Waals surface area contributed by atoms with E-state index in [9.17, 15) is 9.59 Å². The van der Waals surface area contributed by atoms with Gasteiger partial charge in [0.05, 0.1) is 12.1 Å². The van der Waals surface area contributed by atoms with Crippen molar-refractivity contribution in [2.24, 2.45) is 4.99 Å². The van der Waals surface area contributed by atoms with E-state index in [-0.39, 0.29) is 11.8 Å². The smallest absolute Gasteiger partial charge is 0.252 e. The fourth-order valence-electron chi connectivity index (χ4n) is 2.59. The third-order valence-electron chi connectivity index (χ3n) is 3.94. The molecule has 1 fully saturated rings. The largest absolute Gasteiger partial charge is 0.357 e. The average molecular weight is 346 g/mol. The van der Waals surface area contributed by atoms with E-state index in [1.54, 1.807) is 25.3 Å². The van der Waals surface area contributed by atoms with Crippen molar-refractivity contribution in [3.05, 3.63) is 30.1 Å². The maximum absolute atomic E-state index is 12.0. The van der Waals surface area contributed by atoms with Crippen molar-refractivity contribution >= 4 is 17.8 Å². The Morgan fingerprint density at radius 1 is 1.20 bits per heavy atom. The second-order valence-electron chi connectivity index (χ2n) is 5.73. The minimum absolute atomic E-state index is 0.111. The molecule has 136 valence electrons. The van der Waals surface area contributed by atoms with Gasteiger partial charge in [-0.25, -0.2) is 0 Å². The molecule has 0 atom stereocenters. The molecular weight excluding hydrogens is 320 g/mol. The van der Waals surface area contributed by atoms with Gasteiger partial charge in [0, 0.05) is 58.6 Å². The number of rotatable bonds is 5. The molecule has 0 spiro atoms. The van der Waals surface area contributed by atoms with E-state index in [1.165, 1.54) is 6.20 Å². The summed E-state index contributed by atoms with van der Waals surface area (Å²) < 4.78 is 0. The zero-order valence-electron chi connectivity index (χ0n) is 14.9. The van der Waals surface area contributed by atoms with Gasteiger partial charge in [-0.1, -0.05) is 0 Å². The standard InChI is InChI=1S/C17H26N6O2/c1-3-19-17(23-11-9-22(10-12-23)14(2)24)21-8-7-20-16(25)15-5-4-6-18-13-15/h4-6,13H,3,7-12H2,1-2H3,(H,19,21)(H,20,25). The van der Waals surface area contributed by atoms with Crippen LogP contribution in [0.3, 0.4) is 0 Å². The van der Waals surface area contributed by atoms with Gasteiger partial charge in [-0.05, 0) is 19.1 Å². The number of pyridine rings is 1. The molecule has 0 aromatic carbocycles. The molecule has 2 rings (SSSR count). The van der Waals surface area contributed by atoms with Crippen LogP contribution < -0.4 is 10.6 Å². The summed E-state index contributed by atoms with van der Waals surface area (Å²) in [6.45, 7) is 8.26. The Labute approximate surface area is 148 Å². The lowest BCUT2D eigenvalue weighted by Gasteiger charge is -2.36. The van der Waals surface area contributed by atoms with Crippen LogP contribution in [-0.2, 0) is 4.79 Å². The number of hydrogen-bond donors (Lipinski definition) is 2. The van der Waals surface area contributed by atoms with E-state index in [4.69, 9.17) is 0 Å². The topological polar surface area (TPSA) is 89.9 Å². The quantitative estimate of drug-likeness (QED) is 0.443. The molecule has 1 aliphatic heterocycles. The normalized spacial score (nSPS) is 15.0. The second kappa shape index (κ2) is 9.61. The molecule has 1 aromatic heterocycles. The van der Waals surface area contributed by atoms with Crippen LogP contribution in [0.5, 0.6) is 0 Å². The third-order valence-corrected chi connectivity index (χ3v) is 3.94. The highest BCUT2D eigenvalue weighted by Gasteiger charge is 2.20. The number of piperazine rings is 1. The first-order valence-corrected chi connectivity index (χ1v) is 8.58. The van der Waals surface area contributed by atoms with E-state index in [2.05, 4.69) is 25.5 Å². The third kappa shape index (κ3) is 5.74. The molecule has 1 saturated heterocycles. The van der Waals surface area contributed by atoms with E-state index in [0.29, 0.717) is 31.7 Å². The van der Waals surface area contributed by atoms with Crippen LogP contribution in [0.4, 0.5) is 0 Å². The van der Waals surface area contributed by atoms with Gasteiger partial charge in [-0.3, -0.25) is 19.6 Å². The summed E-state index contributed by atoms with van der Waals surface area (Å²) in [6, 6.07) is 3.46. The second-order valence-corrected chi connectivity index (χ2v) is 5.73. The Morgan fingerprint density at radius 3 is 2.52 bits per heavy atom. The van der Waals surface area contributed by atoms with Crippen LogP contribution in [0.15, 0.2) is 29.5 Å². The molecule has 1 aromatic rings. The highest BCUT2D eigenvalue weighted by atomic mass is 16.2. The van der Waals surface area contributed by atoms with E-state index >= 15 is 0 Å². The Hall–Kier alpha value is -2.64. The van der Waals surface area contributed by atoms with Crippen molar-refractivity contribution in [2.45, 2.75) is 13.8 Å². The van der Waals surface area contributed by atoms with Gasteiger partial charge in [0.2, 0.25) is 5.91 Å². The number of aliphatic imine (C=N–C) groups is 1. The van der Waals surface area contributed by atoms with Crippen molar-refractivity contribution in [3.63, 3.8) is 0 Å². The molecule has 25 heavy (non-hydrogen) atoms. The molecule has 8 heteroatoms. The lowest BCUT2D eigenvalue weighted by molar-refractivity contribution is -0.130. The molecule has 0 radical (unpaired) electrons. The number of carbonyl (C=O) groups excluding carboxylic acids is 2. The van der Waals surface area contributed by atoms with Crippen LogP contribution in [0.2, 0.25) is 0 Å². The van der Waals surface area contributed by atoms with Gasteiger partial charge >= 0.3 is 0 Å². The van der Waals surface area contributed by atoms with Gasteiger partial charge in [-0.2, -0.15) is 0 Å². The average Bonchev–Trinajstić information content (AvgIpc) is 2.65. The van der Waals surface area contributed by atoms with Gasteiger partial charge in [0.1, 0.15) is 0 Å². The molecular formula is C17H26N6O2. The van der Waals surface area contributed by atoms with E-state index in [1.807, 2.05) is 11.8 Å². The summed E-state index contributed by atoms with van der Waals surface area (Å²) in [5.74, 6) is 0.782. The summed E-state index contributed by atoms with van der Waals surface area (Å²) in [7, 11) is 0. The van der Waals surface area contributed by atoms with Crippen molar-refractivity contribution in [2.75, 3.05) is 45.8 Å². The van der Waals surface area contributed by atoms with Crippen molar-refractivity contribution in [1.82, 2.24) is 25.4 Å². The maximum atomic E-state index is 12.0. The number of amides is 2. The Bertz CT molecular complexity index is 596. The van der Waals surface area contributed by atoms with Crippen LogP contribution in [0.25, 0.3) is 0 Å². The van der Waals surface area contributed by atoms with Crippen LogP contribution in [-0.4, -0.2) is 78.4 Å². The molecule has 1 aliphatic rings. The molecule has 0 saturated carbocycles. The highest BCUT2D eigenvalue weighted by Crippen LogP contribution is 2.02. The Morgan fingerprint density at radius 2 is 1.92 bits per heavy atom. The predicted molar refractivity (Wildman–Crippen MR) is 96.4 cm³/mol. The monoisotopic (exact) mass is 346 g/mol. The van der Waals surface area contributed by atoms with Crippen molar-refractivity contribution in [1.29, 1.82) is 0 Å².